The first-order chi connectivity index (χ1) is 7.72. The maximum atomic E-state index is 5.96. The summed E-state index contributed by atoms with van der Waals surface area (Å²) in [6, 6.07) is 9.01. The molecule has 1 aliphatic rings. The van der Waals surface area contributed by atoms with Gasteiger partial charge in [0, 0.05) is 24.2 Å². The highest BCUT2D eigenvalue weighted by Gasteiger charge is 2.26. The molecule has 0 bridgehead atoms. The molecule has 0 radical (unpaired) electrons. The molecule has 2 rings (SSSR count). The van der Waals surface area contributed by atoms with Crippen molar-refractivity contribution < 1.29 is 4.74 Å². The number of hydrogen-bond acceptors (Lipinski definition) is 3. The van der Waals surface area contributed by atoms with Crippen LogP contribution in [-0.4, -0.2) is 31.6 Å². The van der Waals surface area contributed by atoms with E-state index in [1.54, 1.807) is 7.11 Å². The number of likely N-dealkylation sites (N-methyl/N-ethyl adjacent to an activating group) is 1. The second-order valence-corrected chi connectivity index (χ2v) is 4.53. The van der Waals surface area contributed by atoms with Gasteiger partial charge in [-0.3, -0.25) is 4.90 Å². The van der Waals surface area contributed by atoms with E-state index in [0.29, 0.717) is 12.1 Å². The number of para-hydroxylation sites is 1. The van der Waals surface area contributed by atoms with Gasteiger partial charge in [-0.05, 0) is 26.0 Å². The minimum absolute atomic E-state index is 0.316. The monoisotopic (exact) mass is 220 g/mol. The normalized spacial score (nSPS) is 26.7. The summed E-state index contributed by atoms with van der Waals surface area (Å²) in [5, 5.41) is 0. The van der Waals surface area contributed by atoms with Crippen LogP contribution in [0.1, 0.15) is 24.4 Å². The average Bonchev–Trinajstić information content (AvgIpc) is 2.29. The van der Waals surface area contributed by atoms with Gasteiger partial charge in [-0.2, -0.15) is 0 Å². The minimum Gasteiger partial charge on any atom is -0.496 e. The summed E-state index contributed by atoms with van der Waals surface area (Å²) in [4.78, 5) is 2.33. The number of hydrogen-bond donors (Lipinski definition) is 1. The summed E-state index contributed by atoms with van der Waals surface area (Å²) in [5.41, 5.74) is 7.24. The van der Waals surface area contributed by atoms with Crippen molar-refractivity contribution in [3.63, 3.8) is 0 Å². The Hall–Kier alpha value is -1.06. The third kappa shape index (κ3) is 2.20. The van der Waals surface area contributed by atoms with Crippen LogP contribution in [0.3, 0.4) is 0 Å². The van der Waals surface area contributed by atoms with E-state index >= 15 is 0 Å². The molecule has 2 N–H and O–H groups in total. The Morgan fingerprint density at radius 2 is 2.06 bits per heavy atom. The van der Waals surface area contributed by atoms with Crippen molar-refractivity contribution in [2.24, 2.45) is 5.73 Å². The quantitative estimate of drug-likeness (QED) is 0.825. The Morgan fingerprint density at radius 1 is 1.31 bits per heavy atom. The third-order valence-electron chi connectivity index (χ3n) is 3.36. The van der Waals surface area contributed by atoms with Crippen molar-refractivity contribution in [2.45, 2.75) is 24.9 Å². The molecule has 3 nitrogen and oxygen atoms in total. The molecular formula is C13H20N2O. The van der Waals surface area contributed by atoms with Crippen LogP contribution in [0.25, 0.3) is 0 Å². The fraction of sp³-hybridized carbons (Fsp3) is 0.538. The summed E-state index contributed by atoms with van der Waals surface area (Å²) < 4.78 is 5.42. The van der Waals surface area contributed by atoms with Gasteiger partial charge in [-0.25, -0.2) is 0 Å². The summed E-state index contributed by atoms with van der Waals surface area (Å²) in [6.07, 6.45) is 2.20. The molecule has 1 saturated heterocycles. The predicted octanol–water partition coefficient (Wildman–Crippen LogP) is 1.79. The first-order valence-electron chi connectivity index (χ1n) is 5.81. The summed E-state index contributed by atoms with van der Waals surface area (Å²) in [5.74, 6) is 0.981. The fourth-order valence-electron chi connectivity index (χ4n) is 2.52. The number of nitrogens with two attached hydrogens (primary N) is 1. The molecule has 1 fully saturated rings. The molecule has 1 aliphatic heterocycles. The van der Waals surface area contributed by atoms with E-state index in [9.17, 15) is 0 Å². The highest BCUT2D eigenvalue weighted by Crippen LogP contribution is 2.34. The van der Waals surface area contributed by atoms with Gasteiger partial charge in [0.1, 0.15) is 5.75 Å². The predicted molar refractivity (Wildman–Crippen MR) is 65.6 cm³/mol. The van der Waals surface area contributed by atoms with Gasteiger partial charge in [-0.1, -0.05) is 18.2 Å². The van der Waals surface area contributed by atoms with E-state index < -0.39 is 0 Å². The molecule has 1 heterocycles. The number of benzene rings is 1. The van der Waals surface area contributed by atoms with Gasteiger partial charge >= 0.3 is 0 Å². The van der Waals surface area contributed by atoms with Crippen LogP contribution in [-0.2, 0) is 0 Å². The number of likely N-dealkylation sites (tertiary alicyclic amines) is 1. The molecule has 2 unspecified atom stereocenters. The Morgan fingerprint density at radius 3 is 2.75 bits per heavy atom. The standard InChI is InChI=1S/C13H20N2O/c1-15-9-10(14)7-8-12(15)11-5-3-4-6-13(11)16-2/h3-6,10,12H,7-9,14H2,1-2H3. The van der Waals surface area contributed by atoms with E-state index in [0.717, 1.165) is 25.1 Å². The van der Waals surface area contributed by atoms with Gasteiger partial charge in [0.15, 0.2) is 0 Å². The molecule has 0 aromatic heterocycles. The van der Waals surface area contributed by atoms with Crippen molar-refractivity contribution in [3.05, 3.63) is 29.8 Å². The molecule has 3 heteroatoms. The molecule has 88 valence electrons. The van der Waals surface area contributed by atoms with E-state index in [1.807, 2.05) is 12.1 Å². The third-order valence-corrected chi connectivity index (χ3v) is 3.36. The zero-order valence-electron chi connectivity index (χ0n) is 10.0. The van der Waals surface area contributed by atoms with Crippen molar-refractivity contribution in [1.29, 1.82) is 0 Å². The summed E-state index contributed by atoms with van der Waals surface area (Å²) in [6.45, 7) is 0.961. The van der Waals surface area contributed by atoms with Gasteiger partial charge in [-0.15, -0.1) is 0 Å². The van der Waals surface area contributed by atoms with Gasteiger partial charge in [0.25, 0.3) is 0 Å². The smallest absolute Gasteiger partial charge is 0.123 e. The molecule has 0 saturated carbocycles. The van der Waals surface area contributed by atoms with Crippen LogP contribution in [0.15, 0.2) is 24.3 Å². The molecule has 1 aromatic carbocycles. The largest absolute Gasteiger partial charge is 0.496 e. The molecule has 0 amide bonds. The zero-order chi connectivity index (χ0) is 11.5. The van der Waals surface area contributed by atoms with Crippen LogP contribution in [0.4, 0.5) is 0 Å². The van der Waals surface area contributed by atoms with Crippen molar-refractivity contribution >= 4 is 0 Å². The van der Waals surface area contributed by atoms with Gasteiger partial charge in [0.2, 0.25) is 0 Å². The van der Waals surface area contributed by atoms with Crippen LogP contribution < -0.4 is 10.5 Å². The topological polar surface area (TPSA) is 38.5 Å². The first-order valence-corrected chi connectivity index (χ1v) is 5.81. The number of piperidine rings is 1. The van der Waals surface area contributed by atoms with E-state index in [4.69, 9.17) is 10.5 Å². The molecule has 2 atom stereocenters. The van der Waals surface area contributed by atoms with E-state index in [2.05, 4.69) is 24.1 Å². The van der Waals surface area contributed by atoms with Crippen molar-refractivity contribution in [1.82, 2.24) is 4.90 Å². The van der Waals surface area contributed by atoms with Crippen molar-refractivity contribution in [2.75, 3.05) is 20.7 Å². The summed E-state index contributed by atoms with van der Waals surface area (Å²) >= 11 is 0. The lowest BCUT2D eigenvalue weighted by atomic mass is 9.93. The molecular weight excluding hydrogens is 200 g/mol. The maximum Gasteiger partial charge on any atom is 0.123 e. The lowest BCUT2D eigenvalue weighted by molar-refractivity contribution is 0.166. The number of nitrogens with zero attached hydrogens (tertiary/aromatic N) is 1. The van der Waals surface area contributed by atoms with Gasteiger partial charge < -0.3 is 10.5 Å². The SMILES string of the molecule is COc1ccccc1C1CCC(N)CN1C. The van der Waals surface area contributed by atoms with Crippen molar-refractivity contribution in [3.8, 4) is 5.75 Å². The lowest BCUT2D eigenvalue weighted by Gasteiger charge is -2.36. The lowest BCUT2D eigenvalue weighted by Crippen LogP contribution is -2.42. The zero-order valence-corrected chi connectivity index (χ0v) is 10.0. The second kappa shape index (κ2) is 4.85. The minimum atomic E-state index is 0.316. The van der Waals surface area contributed by atoms with Crippen LogP contribution in [0.5, 0.6) is 5.75 Å². The van der Waals surface area contributed by atoms with Crippen LogP contribution in [0.2, 0.25) is 0 Å². The van der Waals surface area contributed by atoms with Gasteiger partial charge in [0.05, 0.1) is 7.11 Å². The highest BCUT2D eigenvalue weighted by molar-refractivity contribution is 5.36. The Bertz CT molecular complexity index is 354. The van der Waals surface area contributed by atoms with Crippen LogP contribution in [0, 0.1) is 0 Å². The number of ether oxygens (including phenoxy) is 1. The second-order valence-electron chi connectivity index (χ2n) is 4.53. The molecule has 1 aromatic rings. The highest BCUT2D eigenvalue weighted by atomic mass is 16.5. The summed E-state index contributed by atoms with van der Waals surface area (Å²) in [7, 11) is 3.86. The molecule has 16 heavy (non-hydrogen) atoms. The molecule has 0 spiro atoms. The fourth-order valence-corrected chi connectivity index (χ4v) is 2.52. The number of rotatable bonds is 2. The van der Waals surface area contributed by atoms with Crippen LogP contribution >= 0.6 is 0 Å². The van der Waals surface area contributed by atoms with E-state index in [1.165, 1.54) is 5.56 Å². The first kappa shape index (κ1) is 11.4. The number of methoxy groups -OCH3 is 1. The Kier molecular flexibility index (Phi) is 3.46. The average molecular weight is 220 g/mol. The molecule has 0 aliphatic carbocycles. The van der Waals surface area contributed by atoms with E-state index in [-0.39, 0.29) is 0 Å². The maximum absolute atomic E-state index is 5.96. The Balaban J connectivity index is 2.23. The Labute approximate surface area is 97.2 Å².